The molecular weight excluding hydrogens is 202 g/mol. The highest BCUT2D eigenvalue weighted by Crippen LogP contribution is 2.14. The summed E-state index contributed by atoms with van der Waals surface area (Å²) in [6, 6.07) is 0.394. The highest BCUT2D eigenvalue weighted by atomic mass is 16.5. The van der Waals surface area contributed by atoms with Crippen molar-refractivity contribution in [2.75, 3.05) is 20.3 Å². The van der Waals surface area contributed by atoms with Crippen LogP contribution in [-0.2, 0) is 11.3 Å². The molecule has 1 atom stereocenters. The van der Waals surface area contributed by atoms with Crippen LogP contribution in [0.5, 0.6) is 0 Å². The van der Waals surface area contributed by atoms with Gasteiger partial charge in [0.2, 0.25) is 0 Å². The Hall–Kier alpha value is -0.870. The summed E-state index contributed by atoms with van der Waals surface area (Å²) in [5.41, 5.74) is 1.23. The molecule has 1 unspecified atom stereocenters. The Bertz CT molecular complexity index is 286. The Labute approximate surface area is 98.0 Å². The predicted molar refractivity (Wildman–Crippen MR) is 65.4 cm³/mol. The van der Waals surface area contributed by atoms with Crippen molar-refractivity contribution in [1.82, 2.24) is 14.9 Å². The minimum Gasteiger partial charge on any atom is -0.383 e. The van der Waals surface area contributed by atoms with E-state index in [4.69, 9.17) is 4.74 Å². The molecule has 1 rings (SSSR count). The number of nitrogens with one attached hydrogen (secondary N) is 1. The molecule has 1 aromatic rings. The summed E-state index contributed by atoms with van der Waals surface area (Å²) in [7, 11) is 1.74. The van der Waals surface area contributed by atoms with E-state index in [9.17, 15) is 0 Å². The van der Waals surface area contributed by atoms with Crippen LogP contribution in [0.15, 0.2) is 12.5 Å². The molecule has 0 aliphatic heterocycles. The fraction of sp³-hybridized carbons (Fsp3) is 0.750. The van der Waals surface area contributed by atoms with Gasteiger partial charge in [0, 0.05) is 19.9 Å². The topological polar surface area (TPSA) is 39.1 Å². The maximum Gasteiger partial charge on any atom is 0.0952 e. The van der Waals surface area contributed by atoms with Crippen molar-refractivity contribution < 1.29 is 4.74 Å². The van der Waals surface area contributed by atoms with Crippen LogP contribution in [0.3, 0.4) is 0 Å². The van der Waals surface area contributed by atoms with Crippen LogP contribution >= 0.6 is 0 Å². The van der Waals surface area contributed by atoms with Gasteiger partial charge in [0.05, 0.1) is 24.7 Å². The first-order chi connectivity index (χ1) is 7.83. The third-order valence-electron chi connectivity index (χ3n) is 2.70. The molecule has 0 bridgehead atoms. The quantitative estimate of drug-likeness (QED) is 0.688. The van der Waals surface area contributed by atoms with Gasteiger partial charge in [0.25, 0.3) is 0 Å². The predicted octanol–water partition coefficient (Wildman–Crippen LogP) is 1.98. The monoisotopic (exact) mass is 225 g/mol. The Morgan fingerprint density at radius 3 is 2.94 bits per heavy atom. The molecule has 4 nitrogen and oxygen atoms in total. The van der Waals surface area contributed by atoms with Gasteiger partial charge in [0.15, 0.2) is 0 Å². The number of ether oxygens (including phenoxy) is 1. The largest absolute Gasteiger partial charge is 0.383 e. The van der Waals surface area contributed by atoms with E-state index in [2.05, 4.69) is 28.7 Å². The minimum atomic E-state index is 0.394. The van der Waals surface area contributed by atoms with Gasteiger partial charge in [-0.05, 0) is 19.4 Å². The molecule has 0 saturated carbocycles. The van der Waals surface area contributed by atoms with Crippen molar-refractivity contribution in [3.8, 4) is 0 Å². The smallest absolute Gasteiger partial charge is 0.0952 e. The summed E-state index contributed by atoms with van der Waals surface area (Å²) in [5.74, 6) is 0. The van der Waals surface area contributed by atoms with Gasteiger partial charge in [-0.25, -0.2) is 4.98 Å². The molecule has 4 heteroatoms. The van der Waals surface area contributed by atoms with E-state index in [1.54, 1.807) is 7.11 Å². The minimum absolute atomic E-state index is 0.394. The van der Waals surface area contributed by atoms with Crippen molar-refractivity contribution in [2.45, 2.75) is 39.3 Å². The molecule has 0 aliphatic rings. The molecule has 0 aromatic carbocycles. The van der Waals surface area contributed by atoms with Gasteiger partial charge in [-0.15, -0.1) is 0 Å². The summed E-state index contributed by atoms with van der Waals surface area (Å²) < 4.78 is 7.44. The van der Waals surface area contributed by atoms with Crippen LogP contribution in [-0.4, -0.2) is 29.8 Å². The lowest BCUT2D eigenvalue weighted by molar-refractivity contribution is 0.151. The lowest BCUT2D eigenvalue weighted by atomic mass is 10.2. The van der Waals surface area contributed by atoms with Crippen molar-refractivity contribution in [3.63, 3.8) is 0 Å². The Morgan fingerprint density at radius 1 is 1.50 bits per heavy atom. The van der Waals surface area contributed by atoms with Crippen LogP contribution < -0.4 is 5.32 Å². The summed E-state index contributed by atoms with van der Waals surface area (Å²) in [4.78, 5) is 4.22. The van der Waals surface area contributed by atoms with Gasteiger partial charge in [-0.3, -0.25) is 0 Å². The highest BCUT2D eigenvalue weighted by molar-refractivity contribution is 5.00. The van der Waals surface area contributed by atoms with Gasteiger partial charge < -0.3 is 14.6 Å². The first-order valence-corrected chi connectivity index (χ1v) is 6.03. The van der Waals surface area contributed by atoms with Crippen LogP contribution in [0.25, 0.3) is 0 Å². The number of imidazole rings is 1. The molecule has 16 heavy (non-hydrogen) atoms. The molecule has 0 saturated heterocycles. The molecule has 1 heterocycles. The number of aromatic nitrogens is 2. The Balaban J connectivity index is 2.60. The molecule has 0 fully saturated rings. The first-order valence-electron chi connectivity index (χ1n) is 6.03. The number of methoxy groups -OCH3 is 1. The molecular formula is C12H23N3O. The third kappa shape index (κ3) is 3.61. The number of rotatable bonds is 8. The number of nitrogens with zero attached hydrogens (tertiary/aromatic N) is 2. The SMILES string of the molecule is CCCNCc1cncn1C(CC)COC. The lowest BCUT2D eigenvalue weighted by Crippen LogP contribution is -2.20. The van der Waals surface area contributed by atoms with Gasteiger partial charge in [-0.2, -0.15) is 0 Å². The second-order valence-corrected chi connectivity index (χ2v) is 3.99. The summed E-state index contributed by atoms with van der Waals surface area (Å²) in [5, 5.41) is 3.40. The van der Waals surface area contributed by atoms with E-state index in [-0.39, 0.29) is 0 Å². The van der Waals surface area contributed by atoms with E-state index in [0.29, 0.717) is 6.04 Å². The second kappa shape index (κ2) is 7.41. The molecule has 0 radical (unpaired) electrons. The van der Waals surface area contributed by atoms with Gasteiger partial charge in [0.1, 0.15) is 0 Å². The van der Waals surface area contributed by atoms with Gasteiger partial charge in [-0.1, -0.05) is 13.8 Å². The molecule has 92 valence electrons. The fourth-order valence-corrected chi connectivity index (χ4v) is 1.78. The summed E-state index contributed by atoms with van der Waals surface area (Å²) in [6.45, 7) is 7.02. The number of hydrogen-bond donors (Lipinski definition) is 1. The van der Waals surface area contributed by atoms with E-state index in [0.717, 1.165) is 32.5 Å². The summed E-state index contributed by atoms with van der Waals surface area (Å²) >= 11 is 0. The zero-order valence-corrected chi connectivity index (χ0v) is 10.6. The van der Waals surface area contributed by atoms with E-state index >= 15 is 0 Å². The normalized spacial score (nSPS) is 12.9. The second-order valence-electron chi connectivity index (χ2n) is 3.99. The van der Waals surface area contributed by atoms with Crippen LogP contribution in [0, 0.1) is 0 Å². The Kier molecular flexibility index (Phi) is 6.11. The maximum atomic E-state index is 5.23. The average Bonchev–Trinajstić information content (AvgIpc) is 2.74. The highest BCUT2D eigenvalue weighted by Gasteiger charge is 2.11. The zero-order valence-electron chi connectivity index (χ0n) is 10.6. The van der Waals surface area contributed by atoms with Crippen molar-refractivity contribution >= 4 is 0 Å². The van der Waals surface area contributed by atoms with Crippen molar-refractivity contribution in [2.24, 2.45) is 0 Å². The van der Waals surface area contributed by atoms with Crippen molar-refractivity contribution in [3.05, 3.63) is 18.2 Å². The lowest BCUT2D eigenvalue weighted by Gasteiger charge is -2.18. The van der Waals surface area contributed by atoms with Crippen LogP contribution in [0.4, 0.5) is 0 Å². The standard InChI is InChI=1S/C12H23N3O/c1-4-6-13-7-12-8-14-10-15(12)11(5-2)9-16-3/h8,10-11,13H,4-7,9H2,1-3H3. The van der Waals surface area contributed by atoms with Crippen LogP contribution in [0.1, 0.15) is 38.4 Å². The van der Waals surface area contributed by atoms with E-state index < -0.39 is 0 Å². The van der Waals surface area contributed by atoms with E-state index in [1.807, 2.05) is 12.5 Å². The average molecular weight is 225 g/mol. The Morgan fingerprint density at radius 2 is 2.31 bits per heavy atom. The molecule has 1 aromatic heterocycles. The van der Waals surface area contributed by atoms with Crippen LogP contribution in [0.2, 0.25) is 0 Å². The summed E-state index contributed by atoms with van der Waals surface area (Å²) in [6.07, 6.45) is 6.05. The maximum absolute atomic E-state index is 5.23. The molecule has 1 N–H and O–H groups in total. The molecule has 0 aliphatic carbocycles. The fourth-order valence-electron chi connectivity index (χ4n) is 1.78. The third-order valence-corrected chi connectivity index (χ3v) is 2.70. The zero-order chi connectivity index (χ0) is 11.8. The first kappa shape index (κ1) is 13.2. The van der Waals surface area contributed by atoms with Crippen molar-refractivity contribution in [1.29, 1.82) is 0 Å². The molecule has 0 spiro atoms. The van der Waals surface area contributed by atoms with E-state index in [1.165, 1.54) is 5.69 Å². The number of hydrogen-bond acceptors (Lipinski definition) is 3. The van der Waals surface area contributed by atoms with Gasteiger partial charge >= 0.3 is 0 Å². The molecule has 0 amide bonds.